The van der Waals surface area contributed by atoms with E-state index >= 15 is 0 Å². The Morgan fingerprint density at radius 3 is 2.50 bits per heavy atom. The molecule has 104 valence electrons. The minimum Gasteiger partial charge on any atom is -0.395 e. The molecule has 0 aliphatic rings. The highest BCUT2D eigenvalue weighted by Gasteiger charge is 2.22. The van der Waals surface area contributed by atoms with Crippen LogP contribution < -0.4 is 0 Å². The molecule has 1 aromatic rings. The number of nitrogens with zero attached hydrogens (tertiary/aromatic N) is 3. The maximum atomic E-state index is 12.3. The normalized spacial score (nSPS) is 12.7. The summed E-state index contributed by atoms with van der Waals surface area (Å²) < 4.78 is 29.7. The van der Waals surface area contributed by atoms with Gasteiger partial charge in [-0.2, -0.15) is 4.98 Å². The maximum Gasteiger partial charge on any atom is 0.251 e. The molecule has 0 radical (unpaired) electrons. The van der Waals surface area contributed by atoms with Gasteiger partial charge in [-0.05, 0) is 0 Å². The number of aliphatic hydroxyl groups is 1. The number of hydrogen-bond acceptors (Lipinski definition) is 5. The summed E-state index contributed by atoms with van der Waals surface area (Å²) in [6.07, 6.45) is -2.45. The molecule has 0 fully saturated rings. The molecule has 0 bridgehead atoms. The lowest BCUT2D eigenvalue weighted by Crippen LogP contribution is -2.31. The number of halogens is 2. The molecule has 18 heavy (non-hydrogen) atoms. The summed E-state index contributed by atoms with van der Waals surface area (Å²) in [7, 11) is 0. The molecule has 0 saturated heterocycles. The van der Waals surface area contributed by atoms with Gasteiger partial charge >= 0.3 is 0 Å². The zero-order chi connectivity index (χ0) is 13.8. The van der Waals surface area contributed by atoms with Crippen molar-refractivity contribution in [3.05, 3.63) is 11.7 Å². The van der Waals surface area contributed by atoms with E-state index < -0.39 is 13.0 Å². The first-order valence-corrected chi connectivity index (χ1v) is 5.77. The van der Waals surface area contributed by atoms with Crippen LogP contribution in [0, 0.1) is 0 Å². The number of rotatable bonds is 6. The van der Waals surface area contributed by atoms with E-state index in [1.165, 1.54) is 4.90 Å². The van der Waals surface area contributed by atoms with Crippen molar-refractivity contribution in [3.8, 4) is 0 Å². The molecule has 0 atom stereocenters. The molecule has 0 amide bonds. The van der Waals surface area contributed by atoms with Crippen LogP contribution in [0.5, 0.6) is 0 Å². The third-order valence-corrected chi connectivity index (χ3v) is 2.29. The first-order valence-electron chi connectivity index (χ1n) is 5.77. The molecule has 0 unspecified atom stereocenters. The van der Waals surface area contributed by atoms with Crippen molar-refractivity contribution in [3.63, 3.8) is 0 Å². The van der Waals surface area contributed by atoms with Crippen LogP contribution in [0.3, 0.4) is 0 Å². The molecule has 5 nitrogen and oxygen atoms in total. The lowest BCUT2D eigenvalue weighted by Gasteiger charge is -2.18. The summed E-state index contributed by atoms with van der Waals surface area (Å²) in [5, 5.41) is 12.6. The van der Waals surface area contributed by atoms with Crippen molar-refractivity contribution in [2.75, 3.05) is 19.7 Å². The molecule has 0 aliphatic carbocycles. The molecule has 1 aromatic heterocycles. The van der Waals surface area contributed by atoms with Gasteiger partial charge in [0.15, 0.2) is 5.82 Å². The van der Waals surface area contributed by atoms with E-state index in [1.54, 1.807) is 0 Å². The average molecular weight is 263 g/mol. The number of hydrogen-bond donors (Lipinski definition) is 1. The quantitative estimate of drug-likeness (QED) is 0.841. The molecule has 0 aliphatic heterocycles. The minimum absolute atomic E-state index is 0.143. The highest BCUT2D eigenvalue weighted by atomic mass is 19.3. The third kappa shape index (κ3) is 4.66. The Bertz CT molecular complexity index is 363. The van der Waals surface area contributed by atoms with E-state index in [-0.39, 0.29) is 25.1 Å². The van der Waals surface area contributed by atoms with E-state index in [9.17, 15) is 8.78 Å². The largest absolute Gasteiger partial charge is 0.395 e. The highest BCUT2D eigenvalue weighted by molar-refractivity contribution is 4.98. The number of alkyl halides is 2. The van der Waals surface area contributed by atoms with Gasteiger partial charge in [-0.1, -0.05) is 25.9 Å². The number of aromatic nitrogens is 2. The minimum atomic E-state index is -2.45. The topological polar surface area (TPSA) is 62.4 Å². The molecule has 7 heteroatoms. The Morgan fingerprint density at radius 1 is 1.39 bits per heavy atom. The second-order valence-electron chi connectivity index (χ2n) is 5.12. The van der Waals surface area contributed by atoms with Crippen molar-refractivity contribution >= 4 is 0 Å². The van der Waals surface area contributed by atoms with E-state index in [1.807, 2.05) is 20.8 Å². The fourth-order valence-corrected chi connectivity index (χ4v) is 1.39. The zero-order valence-corrected chi connectivity index (χ0v) is 10.9. The molecule has 0 spiro atoms. The SMILES string of the molecule is CC(C)(C)c1nc(CN(CCO)CC(F)F)no1. The van der Waals surface area contributed by atoms with Gasteiger partial charge in [0.25, 0.3) is 6.43 Å². The fraction of sp³-hybridized carbons (Fsp3) is 0.818. The molecule has 0 saturated carbocycles. The van der Waals surface area contributed by atoms with E-state index in [2.05, 4.69) is 10.1 Å². The predicted octanol–water partition coefficient (Wildman–Crippen LogP) is 1.43. The maximum absolute atomic E-state index is 12.3. The van der Waals surface area contributed by atoms with Crippen molar-refractivity contribution < 1.29 is 18.4 Å². The van der Waals surface area contributed by atoms with Crippen molar-refractivity contribution in [1.82, 2.24) is 15.0 Å². The standard InChI is InChI=1S/C11H19F2N3O2/c1-11(2,3)10-14-9(15-18-10)7-16(4-5-17)6-8(12)13/h8,17H,4-7H2,1-3H3. The summed E-state index contributed by atoms with van der Waals surface area (Å²) in [5.74, 6) is 0.826. The summed E-state index contributed by atoms with van der Waals surface area (Å²) in [4.78, 5) is 5.56. The van der Waals surface area contributed by atoms with Gasteiger partial charge in [-0.15, -0.1) is 0 Å². The van der Waals surface area contributed by atoms with Crippen LogP contribution in [-0.4, -0.2) is 46.3 Å². The second kappa shape index (κ2) is 6.19. The zero-order valence-electron chi connectivity index (χ0n) is 10.9. The van der Waals surface area contributed by atoms with Crippen LogP contribution >= 0.6 is 0 Å². The average Bonchev–Trinajstić information content (AvgIpc) is 2.64. The Balaban J connectivity index is 2.66. The highest BCUT2D eigenvalue weighted by Crippen LogP contribution is 2.20. The van der Waals surface area contributed by atoms with Gasteiger partial charge < -0.3 is 9.63 Å². The Morgan fingerprint density at radius 2 is 2.06 bits per heavy atom. The third-order valence-electron chi connectivity index (χ3n) is 2.29. The van der Waals surface area contributed by atoms with Crippen molar-refractivity contribution in [1.29, 1.82) is 0 Å². The molecule has 1 heterocycles. The van der Waals surface area contributed by atoms with Crippen LogP contribution in [-0.2, 0) is 12.0 Å². The first kappa shape index (κ1) is 15.0. The smallest absolute Gasteiger partial charge is 0.251 e. The summed E-state index contributed by atoms with van der Waals surface area (Å²) in [6, 6.07) is 0. The molecule has 0 aromatic carbocycles. The first-order chi connectivity index (χ1) is 8.32. The number of aliphatic hydroxyl groups excluding tert-OH is 1. The van der Waals surface area contributed by atoms with Crippen molar-refractivity contribution in [2.45, 2.75) is 39.2 Å². The Kier molecular flexibility index (Phi) is 5.15. The van der Waals surface area contributed by atoms with Gasteiger partial charge in [-0.3, -0.25) is 4.90 Å². The second-order valence-corrected chi connectivity index (χ2v) is 5.12. The van der Waals surface area contributed by atoms with Gasteiger partial charge in [0.2, 0.25) is 5.89 Å². The van der Waals surface area contributed by atoms with E-state index in [4.69, 9.17) is 9.63 Å². The van der Waals surface area contributed by atoms with E-state index in [0.29, 0.717) is 11.7 Å². The van der Waals surface area contributed by atoms with Gasteiger partial charge in [-0.25, -0.2) is 8.78 Å². The van der Waals surface area contributed by atoms with Gasteiger partial charge in [0.1, 0.15) is 0 Å². The Labute approximate surface area is 105 Å². The molecular formula is C11H19F2N3O2. The van der Waals surface area contributed by atoms with Crippen LogP contribution in [0.1, 0.15) is 32.5 Å². The fourth-order valence-electron chi connectivity index (χ4n) is 1.39. The lowest BCUT2D eigenvalue weighted by molar-refractivity contribution is 0.0729. The van der Waals surface area contributed by atoms with Crippen LogP contribution in [0.2, 0.25) is 0 Å². The van der Waals surface area contributed by atoms with Gasteiger partial charge in [0.05, 0.1) is 19.7 Å². The lowest BCUT2D eigenvalue weighted by atomic mass is 9.97. The Hall–Kier alpha value is -1.08. The van der Waals surface area contributed by atoms with Crippen LogP contribution in [0.25, 0.3) is 0 Å². The molecular weight excluding hydrogens is 244 g/mol. The molecule has 1 N–H and O–H groups in total. The summed E-state index contributed by atoms with van der Waals surface area (Å²) >= 11 is 0. The van der Waals surface area contributed by atoms with Crippen LogP contribution in [0.4, 0.5) is 8.78 Å². The summed E-state index contributed by atoms with van der Waals surface area (Å²) in [6.45, 7) is 5.48. The van der Waals surface area contributed by atoms with Crippen molar-refractivity contribution in [2.24, 2.45) is 0 Å². The van der Waals surface area contributed by atoms with Gasteiger partial charge in [0, 0.05) is 12.0 Å². The predicted molar refractivity (Wildman–Crippen MR) is 61.4 cm³/mol. The van der Waals surface area contributed by atoms with Crippen LogP contribution in [0.15, 0.2) is 4.52 Å². The monoisotopic (exact) mass is 263 g/mol. The van der Waals surface area contributed by atoms with E-state index in [0.717, 1.165) is 0 Å². The summed E-state index contributed by atoms with van der Waals surface area (Å²) in [5.41, 5.74) is -0.268. The molecule has 1 rings (SSSR count).